The minimum Gasteiger partial charge on any atom is -0.478 e. The van der Waals surface area contributed by atoms with Gasteiger partial charge in [0.2, 0.25) is 0 Å². The highest BCUT2D eigenvalue weighted by Crippen LogP contribution is 2.41. The minimum absolute atomic E-state index is 0.0859. The second-order valence-electron chi connectivity index (χ2n) is 9.87. The molecule has 212 valence electrons. The molecule has 1 saturated heterocycles. The number of fused-ring (bicyclic) bond motifs is 2. The molecule has 0 amide bonds. The van der Waals surface area contributed by atoms with Crippen LogP contribution in [0.5, 0.6) is 23.1 Å². The van der Waals surface area contributed by atoms with Gasteiger partial charge in [-0.25, -0.2) is 23.7 Å². The summed E-state index contributed by atoms with van der Waals surface area (Å²) >= 11 is 0. The Bertz CT molecular complexity index is 1710. The molecule has 0 spiro atoms. The zero-order valence-electron chi connectivity index (χ0n) is 22.7. The Morgan fingerprint density at radius 2 is 2.02 bits per heavy atom. The first kappa shape index (κ1) is 26.6. The van der Waals surface area contributed by atoms with Crippen molar-refractivity contribution in [1.29, 1.82) is 0 Å². The van der Waals surface area contributed by atoms with Crippen LogP contribution in [0.4, 0.5) is 20.3 Å². The van der Waals surface area contributed by atoms with Crippen molar-refractivity contribution in [3.05, 3.63) is 60.9 Å². The number of aromatic nitrogens is 6. The predicted octanol–water partition coefficient (Wildman–Crippen LogP) is 5.03. The lowest BCUT2D eigenvalue weighted by molar-refractivity contribution is -0.135. The van der Waals surface area contributed by atoms with Crippen LogP contribution in [-0.2, 0) is 0 Å². The van der Waals surface area contributed by atoms with Gasteiger partial charge >= 0.3 is 0 Å². The van der Waals surface area contributed by atoms with Crippen molar-refractivity contribution < 1.29 is 23.0 Å². The van der Waals surface area contributed by atoms with E-state index in [1.807, 2.05) is 37.3 Å². The quantitative estimate of drug-likeness (QED) is 0.276. The van der Waals surface area contributed by atoms with Gasteiger partial charge in [-0.2, -0.15) is 0 Å². The number of benzene rings is 1. The second kappa shape index (κ2) is 10.7. The van der Waals surface area contributed by atoms with E-state index >= 15 is 0 Å². The summed E-state index contributed by atoms with van der Waals surface area (Å²) in [6.45, 7) is 4.06. The standard InChI is InChI=1S/C28H28F2N8O3/c1-4-39-27-25(41-22-9-10-37(3)14-28(22,29)30)24-20(12-31-27)32-15-33-26(24)35-18-5-7-21(17(2)11-18)40-19-6-8-23-36-34-16-38(23)13-19/h5-8,11-13,15-16,22H,4,9-10,14H2,1-3H3,(H,32,33,35)/t22-/m1/s1. The number of likely N-dealkylation sites (tertiary alicyclic amines) is 1. The van der Waals surface area contributed by atoms with Crippen molar-refractivity contribution in [1.82, 2.24) is 34.4 Å². The molecule has 0 saturated carbocycles. The SMILES string of the molecule is CCOc1ncc2ncnc(Nc3ccc(Oc4ccc5nncn5c4)c(C)c3)c2c1O[C@@H]1CCN(C)CC1(F)F. The van der Waals surface area contributed by atoms with Crippen LogP contribution in [0.25, 0.3) is 16.6 Å². The van der Waals surface area contributed by atoms with Crippen LogP contribution in [0, 0.1) is 6.92 Å². The van der Waals surface area contributed by atoms with Gasteiger partial charge in [-0.3, -0.25) is 4.40 Å². The monoisotopic (exact) mass is 562 g/mol. The van der Waals surface area contributed by atoms with Crippen molar-refractivity contribution in [2.75, 3.05) is 32.1 Å². The van der Waals surface area contributed by atoms with E-state index in [0.29, 0.717) is 40.5 Å². The number of hydrogen-bond acceptors (Lipinski definition) is 10. The Hall–Kier alpha value is -4.65. The molecule has 0 unspecified atom stereocenters. The highest BCUT2D eigenvalue weighted by Gasteiger charge is 2.46. The first-order valence-corrected chi connectivity index (χ1v) is 13.1. The Morgan fingerprint density at radius 1 is 1.15 bits per heavy atom. The van der Waals surface area contributed by atoms with Crippen molar-refractivity contribution in [3.8, 4) is 23.1 Å². The summed E-state index contributed by atoms with van der Waals surface area (Å²) in [5.41, 5.74) is 2.71. The number of halogens is 2. The van der Waals surface area contributed by atoms with E-state index in [9.17, 15) is 8.78 Å². The molecule has 41 heavy (non-hydrogen) atoms. The van der Waals surface area contributed by atoms with E-state index in [0.717, 1.165) is 11.2 Å². The fraction of sp³-hybridized carbons (Fsp3) is 0.321. The van der Waals surface area contributed by atoms with Crippen molar-refractivity contribution >= 4 is 28.1 Å². The van der Waals surface area contributed by atoms with Crippen LogP contribution in [-0.4, -0.2) is 73.2 Å². The summed E-state index contributed by atoms with van der Waals surface area (Å²) < 4.78 is 49.5. The Labute approximate surface area is 234 Å². The molecule has 1 aromatic carbocycles. The predicted molar refractivity (Wildman–Crippen MR) is 148 cm³/mol. The van der Waals surface area contributed by atoms with E-state index in [1.54, 1.807) is 35.8 Å². The number of alkyl halides is 2. The van der Waals surface area contributed by atoms with E-state index < -0.39 is 18.6 Å². The van der Waals surface area contributed by atoms with Crippen LogP contribution in [0.3, 0.4) is 0 Å². The van der Waals surface area contributed by atoms with Gasteiger partial charge in [-0.15, -0.1) is 10.2 Å². The normalized spacial score (nSPS) is 17.0. The fourth-order valence-electron chi connectivity index (χ4n) is 4.80. The third-order valence-corrected chi connectivity index (χ3v) is 6.80. The number of ether oxygens (including phenoxy) is 3. The smallest absolute Gasteiger partial charge is 0.296 e. The van der Waals surface area contributed by atoms with Crippen molar-refractivity contribution in [2.45, 2.75) is 32.3 Å². The summed E-state index contributed by atoms with van der Waals surface area (Å²) in [4.78, 5) is 14.6. The number of anilines is 2. The molecule has 5 aromatic rings. The molecule has 13 heteroatoms. The molecular formula is C28H28F2N8O3. The van der Waals surface area contributed by atoms with Gasteiger partial charge in [0.25, 0.3) is 11.8 Å². The first-order chi connectivity index (χ1) is 19.8. The molecule has 1 atom stereocenters. The first-order valence-electron chi connectivity index (χ1n) is 13.1. The Kier molecular flexibility index (Phi) is 6.95. The number of aryl methyl sites for hydroxylation is 1. The van der Waals surface area contributed by atoms with E-state index in [2.05, 4.69) is 30.5 Å². The molecule has 1 aliphatic heterocycles. The third-order valence-electron chi connectivity index (χ3n) is 6.80. The van der Waals surface area contributed by atoms with Gasteiger partial charge in [0.1, 0.15) is 30.0 Å². The molecule has 11 nitrogen and oxygen atoms in total. The van der Waals surface area contributed by atoms with Crippen molar-refractivity contribution in [2.24, 2.45) is 0 Å². The highest BCUT2D eigenvalue weighted by atomic mass is 19.3. The lowest BCUT2D eigenvalue weighted by Crippen LogP contribution is -2.52. The van der Waals surface area contributed by atoms with E-state index in [1.165, 1.54) is 12.5 Å². The maximum Gasteiger partial charge on any atom is 0.296 e. The maximum atomic E-state index is 15.0. The van der Waals surface area contributed by atoms with E-state index in [4.69, 9.17) is 14.2 Å². The average Bonchev–Trinajstić information content (AvgIpc) is 3.41. The van der Waals surface area contributed by atoms with Crippen LogP contribution in [0.1, 0.15) is 18.9 Å². The van der Waals surface area contributed by atoms with Gasteiger partial charge in [0.15, 0.2) is 17.5 Å². The molecule has 1 aliphatic rings. The number of rotatable bonds is 8. The minimum atomic E-state index is -3.06. The van der Waals surface area contributed by atoms with Gasteiger partial charge in [0.05, 0.1) is 36.4 Å². The number of piperidine rings is 1. The van der Waals surface area contributed by atoms with Crippen LogP contribution >= 0.6 is 0 Å². The molecule has 6 rings (SSSR count). The number of nitrogens with zero attached hydrogens (tertiary/aromatic N) is 7. The van der Waals surface area contributed by atoms with E-state index in [-0.39, 0.29) is 24.7 Å². The molecule has 1 fully saturated rings. The summed E-state index contributed by atoms with van der Waals surface area (Å²) in [7, 11) is 1.67. The molecule has 0 bridgehead atoms. The number of pyridine rings is 2. The zero-order chi connectivity index (χ0) is 28.6. The molecule has 5 heterocycles. The summed E-state index contributed by atoms with van der Waals surface area (Å²) in [5.74, 6) is -1.21. The van der Waals surface area contributed by atoms with Crippen molar-refractivity contribution in [3.63, 3.8) is 0 Å². The average molecular weight is 563 g/mol. The largest absolute Gasteiger partial charge is 0.478 e. The molecule has 1 N–H and O–H groups in total. The van der Waals surface area contributed by atoms with Crippen LogP contribution < -0.4 is 19.5 Å². The third kappa shape index (κ3) is 5.40. The zero-order valence-corrected chi connectivity index (χ0v) is 22.7. The van der Waals surface area contributed by atoms with Crippen LogP contribution in [0.15, 0.2) is 55.4 Å². The molecule has 0 radical (unpaired) electrons. The lowest BCUT2D eigenvalue weighted by Gasteiger charge is -2.36. The highest BCUT2D eigenvalue weighted by molar-refractivity contribution is 5.96. The summed E-state index contributed by atoms with van der Waals surface area (Å²) in [6.07, 6.45) is 5.09. The number of hydrogen-bond donors (Lipinski definition) is 1. The van der Waals surface area contributed by atoms with Gasteiger partial charge in [-0.1, -0.05) is 0 Å². The number of nitrogens with one attached hydrogen (secondary N) is 1. The molecule has 0 aliphatic carbocycles. The van der Waals surface area contributed by atoms with Gasteiger partial charge < -0.3 is 24.4 Å². The summed E-state index contributed by atoms with van der Waals surface area (Å²) in [6, 6.07) is 9.21. The maximum absolute atomic E-state index is 15.0. The Balaban J connectivity index is 1.32. The summed E-state index contributed by atoms with van der Waals surface area (Å²) in [5, 5.41) is 11.6. The Morgan fingerprint density at radius 3 is 2.83 bits per heavy atom. The topological polar surface area (TPSA) is 112 Å². The van der Waals surface area contributed by atoms with Crippen LogP contribution in [0.2, 0.25) is 0 Å². The lowest BCUT2D eigenvalue weighted by atomic mass is 10.0. The van der Waals surface area contributed by atoms with Gasteiger partial charge in [-0.05, 0) is 56.8 Å². The fourth-order valence-corrected chi connectivity index (χ4v) is 4.80. The molecular weight excluding hydrogens is 534 g/mol. The molecule has 4 aromatic heterocycles. The second-order valence-corrected chi connectivity index (χ2v) is 9.87. The van der Waals surface area contributed by atoms with Gasteiger partial charge in [0, 0.05) is 18.7 Å².